The van der Waals surface area contributed by atoms with Crippen molar-refractivity contribution in [2.24, 2.45) is 11.8 Å². The van der Waals surface area contributed by atoms with Gasteiger partial charge in [0.2, 0.25) is 0 Å². The van der Waals surface area contributed by atoms with Crippen molar-refractivity contribution in [2.45, 2.75) is 19.8 Å². The molecule has 0 radical (unpaired) electrons. The first kappa shape index (κ1) is 8.49. The molecule has 1 heteroatoms. The number of rotatable bonds is 3. The van der Waals surface area contributed by atoms with Crippen LogP contribution in [0.1, 0.15) is 18.9 Å². The summed E-state index contributed by atoms with van der Waals surface area (Å²) in [6, 6.07) is 10.4. The molecule has 0 spiro atoms. The molecule has 1 fully saturated rings. The molecule has 0 bridgehead atoms. The predicted octanol–water partition coefficient (Wildman–Crippen LogP) is 2.45. The van der Waals surface area contributed by atoms with Crippen molar-refractivity contribution in [3.8, 4) is 0 Å². The molecule has 2 atom stereocenters. The molecule has 68 valence electrons. The Balaban J connectivity index is 1.92. The lowest BCUT2D eigenvalue weighted by Gasteiger charge is -1.98. The van der Waals surface area contributed by atoms with Crippen molar-refractivity contribution >= 4 is 5.78 Å². The Morgan fingerprint density at radius 3 is 2.62 bits per heavy atom. The molecular weight excluding hydrogens is 160 g/mol. The average Bonchev–Trinajstić information content (AvgIpc) is 2.86. The van der Waals surface area contributed by atoms with Gasteiger partial charge < -0.3 is 0 Å². The van der Waals surface area contributed by atoms with E-state index in [9.17, 15) is 4.79 Å². The van der Waals surface area contributed by atoms with Crippen LogP contribution in [0.25, 0.3) is 0 Å². The minimum absolute atomic E-state index is 0.361. The van der Waals surface area contributed by atoms with Crippen LogP contribution >= 0.6 is 0 Å². The molecule has 0 saturated heterocycles. The minimum Gasteiger partial charge on any atom is -0.300 e. The first-order valence-electron chi connectivity index (χ1n) is 4.82. The Morgan fingerprint density at radius 2 is 2.08 bits per heavy atom. The van der Waals surface area contributed by atoms with Crippen LogP contribution in [-0.4, -0.2) is 5.78 Å². The smallest absolute Gasteiger partial charge is 0.133 e. The number of ketones is 1. The SMILES string of the molecule is CC(=O)C1CC1Cc1ccccc1. The first-order chi connectivity index (χ1) is 6.27. The lowest BCUT2D eigenvalue weighted by molar-refractivity contribution is -0.118. The molecule has 0 amide bonds. The maximum absolute atomic E-state index is 11.0. The zero-order valence-corrected chi connectivity index (χ0v) is 7.86. The minimum atomic E-state index is 0.361. The van der Waals surface area contributed by atoms with Crippen LogP contribution in [0.3, 0.4) is 0 Å². The first-order valence-corrected chi connectivity index (χ1v) is 4.82. The monoisotopic (exact) mass is 174 g/mol. The fourth-order valence-corrected chi connectivity index (χ4v) is 1.89. The molecule has 13 heavy (non-hydrogen) atoms. The van der Waals surface area contributed by atoms with E-state index >= 15 is 0 Å². The third kappa shape index (κ3) is 1.97. The predicted molar refractivity (Wildman–Crippen MR) is 52.4 cm³/mol. The summed E-state index contributed by atoms with van der Waals surface area (Å²) in [6.45, 7) is 1.70. The Kier molecular flexibility index (Phi) is 2.17. The second kappa shape index (κ2) is 3.33. The van der Waals surface area contributed by atoms with Gasteiger partial charge in [0.15, 0.2) is 0 Å². The van der Waals surface area contributed by atoms with Crippen LogP contribution in [0.4, 0.5) is 0 Å². The van der Waals surface area contributed by atoms with Gasteiger partial charge in [-0.15, -0.1) is 0 Å². The molecule has 0 heterocycles. The third-order valence-electron chi connectivity index (χ3n) is 2.79. The van der Waals surface area contributed by atoms with Crippen LogP contribution in [-0.2, 0) is 11.2 Å². The fourth-order valence-electron chi connectivity index (χ4n) is 1.89. The van der Waals surface area contributed by atoms with Crippen LogP contribution in [0.15, 0.2) is 30.3 Å². The molecule has 1 aliphatic carbocycles. The molecule has 0 N–H and O–H groups in total. The highest BCUT2D eigenvalue weighted by Crippen LogP contribution is 2.41. The molecule has 1 saturated carbocycles. The summed E-state index contributed by atoms with van der Waals surface area (Å²) in [5.74, 6) is 1.35. The van der Waals surface area contributed by atoms with Gasteiger partial charge in [0.1, 0.15) is 5.78 Å². The number of carbonyl (C=O) groups excluding carboxylic acids is 1. The second-order valence-electron chi connectivity index (χ2n) is 3.90. The van der Waals surface area contributed by atoms with Crippen LogP contribution in [0.5, 0.6) is 0 Å². The maximum atomic E-state index is 11.0. The maximum Gasteiger partial charge on any atom is 0.133 e. The van der Waals surface area contributed by atoms with Crippen molar-refractivity contribution in [3.63, 3.8) is 0 Å². The van der Waals surface area contributed by atoms with Crippen molar-refractivity contribution < 1.29 is 4.79 Å². The number of Topliss-reactive ketones (excluding diaryl/α,β-unsaturated/α-hetero) is 1. The lowest BCUT2D eigenvalue weighted by atomic mass is 10.1. The van der Waals surface area contributed by atoms with Gasteiger partial charge in [-0.2, -0.15) is 0 Å². The van der Waals surface area contributed by atoms with Gasteiger partial charge >= 0.3 is 0 Å². The molecule has 2 unspecified atom stereocenters. The van der Waals surface area contributed by atoms with E-state index in [0.717, 1.165) is 12.8 Å². The highest BCUT2D eigenvalue weighted by Gasteiger charge is 2.40. The van der Waals surface area contributed by atoms with E-state index in [1.165, 1.54) is 5.56 Å². The zero-order chi connectivity index (χ0) is 9.26. The summed E-state index contributed by atoms with van der Waals surface area (Å²) in [6.07, 6.45) is 2.18. The largest absolute Gasteiger partial charge is 0.300 e. The summed E-state index contributed by atoms with van der Waals surface area (Å²) in [5, 5.41) is 0. The molecule has 0 aliphatic heterocycles. The lowest BCUT2D eigenvalue weighted by Crippen LogP contribution is -1.97. The number of carbonyl (C=O) groups is 1. The fraction of sp³-hybridized carbons (Fsp3) is 0.417. The van der Waals surface area contributed by atoms with E-state index in [2.05, 4.69) is 24.3 Å². The Labute approximate surface area is 78.8 Å². The van der Waals surface area contributed by atoms with E-state index in [1.54, 1.807) is 6.92 Å². The van der Waals surface area contributed by atoms with Crippen molar-refractivity contribution in [2.75, 3.05) is 0 Å². The van der Waals surface area contributed by atoms with Crippen LogP contribution < -0.4 is 0 Å². The van der Waals surface area contributed by atoms with E-state index in [4.69, 9.17) is 0 Å². The van der Waals surface area contributed by atoms with Gasteiger partial charge in [0, 0.05) is 5.92 Å². The summed E-state index contributed by atoms with van der Waals surface area (Å²) in [7, 11) is 0. The Morgan fingerprint density at radius 1 is 1.38 bits per heavy atom. The number of benzene rings is 1. The Bertz CT molecular complexity index is 302. The average molecular weight is 174 g/mol. The molecular formula is C12H14O. The number of hydrogen-bond donors (Lipinski definition) is 0. The van der Waals surface area contributed by atoms with E-state index in [-0.39, 0.29) is 0 Å². The van der Waals surface area contributed by atoms with Crippen LogP contribution in [0.2, 0.25) is 0 Å². The van der Waals surface area contributed by atoms with Gasteiger partial charge in [0.25, 0.3) is 0 Å². The molecule has 2 rings (SSSR count). The normalized spacial score (nSPS) is 25.6. The van der Waals surface area contributed by atoms with Gasteiger partial charge in [0.05, 0.1) is 0 Å². The molecule has 1 aromatic carbocycles. The van der Waals surface area contributed by atoms with Crippen LogP contribution in [0, 0.1) is 11.8 Å². The van der Waals surface area contributed by atoms with Crippen molar-refractivity contribution in [1.29, 1.82) is 0 Å². The summed E-state index contributed by atoms with van der Waals surface area (Å²) in [5.41, 5.74) is 1.36. The van der Waals surface area contributed by atoms with Gasteiger partial charge in [-0.3, -0.25) is 4.79 Å². The summed E-state index contributed by atoms with van der Waals surface area (Å²) >= 11 is 0. The third-order valence-corrected chi connectivity index (χ3v) is 2.79. The van der Waals surface area contributed by atoms with Gasteiger partial charge in [-0.1, -0.05) is 30.3 Å². The summed E-state index contributed by atoms with van der Waals surface area (Å²) in [4.78, 5) is 11.0. The molecule has 1 aliphatic rings. The van der Waals surface area contributed by atoms with Gasteiger partial charge in [-0.25, -0.2) is 0 Å². The molecule has 1 nitrogen and oxygen atoms in total. The molecule has 1 aromatic rings. The van der Waals surface area contributed by atoms with Crippen molar-refractivity contribution in [3.05, 3.63) is 35.9 Å². The summed E-state index contributed by atoms with van der Waals surface area (Å²) < 4.78 is 0. The highest BCUT2D eigenvalue weighted by molar-refractivity contribution is 5.81. The highest BCUT2D eigenvalue weighted by atomic mass is 16.1. The van der Waals surface area contributed by atoms with Gasteiger partial charge in [-0.05, 0) is 31.2 Å². The van der Waals surface area contributed by atoms with E-state index in [1.807, 2.05) is 6.07 Å². The standard InChI is InChI=1S/C12H14O/c1-9(13)12-8-11(12)7-10-5-3-2-4-6-10/h2-6,11-12H,7-8H2,1H3. The topological polar surface area (TPSA) is 17.1 Å². The second-order valence-corrected chi connectivity index (χ2v) is 3.90. The zero-order valence-electron chi connectivity index (χ0n) is 7.86. The Hall–Kier alpha value is -1.11. The van der Waals surface area contributed by atoms with Crippen molar-refractivity contribution in [1.82, 2.24) is 0 Å². The number of hydrogen-bond acceptors (Lipinski definition) is 1. The van der Waals surface area contributed by atoms with E-state index in [0.29, 0.717) is 17.6 Å². The molecule has 0 aromatic heterocycles. The van der Waals surface area contributed by atoms with E-state index < -0.39 is 0 Å². The quantitative estimate of drug-likeness (QED) is 0.688.